The van der Waals surface area contributed by atoms with Crippen LogP contribution in [0.4, 0.5) is 0 Å². The Bertz CT molecular complexity index is 998. The summed E-state index contributed by atoms with van der Waals surface area (Å²) in [5, 5.41) is 1.39. The number of nitrogens with one attached hydrogen (secondary N) is 1. The Balaban J connectivity index is 1.40. The number of fused-ring (bicyclic) bond motifs is 4. The molecule has 1 aliphatic carbocycles. The van der Waals surface area contributed by atoms with Crippen molar-refractivity contribution in [3.63, 3.8) is 0 Å². The van der Waals surface area contributed by atoms with E-state index >= 15 is 0 Å². The molecule has 3 heteroatoms. The van der Waals surface area contributed by atoms with Crippen LogP contribution in [0.1, 0.15) is 55.3 Å². The number of rotatable bonds is 4. The second-order valence-electron chi connectivity index (χ2n) is 9.61. The molecule has 2 unspecified atom stereocenters. The molecule has 0 radical (unpaired) electrons. The summed E-state index contributed by atoms with van der Waals surface area (Å²) >= 11 is 0. The van der Waals surface area contributed by atoms with Crippen molar-refractivity contribution in [3.8, 4) is 0 Å². The summed E-state index contributed by atoms with van der Waals surface area (Å²) in [5.41, 5.74) is 5.46. The van der Waals surface area contributed by atoms with Crippen LogP contribution in [0.2, 0.25) is 0 Å². The van der Waals surface area contributed by atoms with Crippen molar-refractivity contribution in [1.29, 1.82) is 0 Å². The van der Waals surface area contributed by atoms with E-state index in [4.69, 9.17) is 4.74 Å². The minimum absolute atomic E-state index is 0.115. The molecule has 0 bridgehead atoms. The molecule has 0 amide bonds. The minimum Gasteiger partial charge on any atom is -0.368 e. The third-order valence-electron chi connectivity index (χ3n) is 7.75. The van der Waals surface area contributed by atoms with E-state index in [-0.39, 0.29) is 5.60 Å². The van der Waals surface area contributed by atoms with E-state index in [1.54, 1.807) is 0 Å². The van der Waals surface area contributed by atoms with Crippen LogP contribution >= 0.6 is 0 Å². The molecule has 3 aromatic rings. The van der Waals surface area contributed by atoms with Gasteiger partial charge in [0.2, 0.25) is 0 Å². The van der Waals surface area contributed by atoms with Gasteiger partial charge in [-0.1, -0.05) is 55.5 Å². The third kappa shape index (κ3) is 3.29. The predicted molar refractivity (Wildman–Crippen MR) is 124 cm³/mol. The Morgan fingerprint density at radius 3 is 2.43 bits per heavy atom. The van der Waals surface area contributed by atoms with Crippen molar-refractivity contribution in [2.45, 2.75) is 56.6 Å². The average molecular weight is 403 g/mol. The lowest BCUT2D eigenvalue weighted by molar-refractivity contribution is -0.100. The van der Waals surface area contributed by atoms with Crippen LogP contribution in [0.3, 0.4) is 0 Å². The first kappa shape index (κ1) is 19.8. The molecule has 1 fully saturated rings. The van der Waals surface area contributed by atoms with E-state index in [1.807, 2.05) is 0 Å². The number of hydrogen-bond donors (Lipinski definition) is 1. The highest BCUT2D eigenvalue weighted by molar-refractivity contribution is 5.85. The fourth-order valence-corrected chi connectivity index (χ4v) is 6.34. The van der Waals surface area contributed by atoms with Crippen LogP contribution in [0.15, 0.2) is 54.6 Å². The van der Waals surface area contributed by atoms with Crippen LogP contribution in [-0.2, 0) is 16.8 Å². The highest BCUT2D eigenvalue weighted by Crippen LogP contribution is 2.49. The Labute approximate surface area is 180 Å². The summed E-state index contributed by atoms with van der Waals surface area (Å²) in [6.07, 6.45) is 5.69. The van der Waals surface area contributed by atoms with Gasteiger partial charge in [0.15, 0.2) is 0 Å². The third-order valence-corrected chi connectivity index (χ3v) is 7.75. The molecule has 1 aliphatic heterocycles. The minimum atomic E-state index is -0.115. The number of likely N-dealkylation sites (N-methyl/N-ethyl adjacent to an activating group) is 1. The number of benzene rings is 2. The molecule has 1 spiro atoms. The van der Waals surface area contributed by atoms with Gasteiger partial charge in [0, 0.05) is 16.9 Å². The smallest absolute Gasteiger partial charge is 0.108 e. The van der Waals surface area contributed by atoms with Crippen molar-refractivity contribution in [2.24, 2.45) is 5.92 Å². The maximum Gasteiger partial charge on any atom is 0.108 e. The van der Waals surface area contributed by atoms with Crippen LogP contribution in [0.5, 0.6) is 0 Å². The molecule has 0 saturated heterocycles. The normalized spacial score (nSPS) is 26.1. The first-order valence-electron chi connectivity index (χ1n) is 11.5. The van der Waals surface area contributed by atoms with Crippen LogP contribution in [-0.4, -0.2) is 36.6 Å². The molecule has 3 nitrogen and oxygen atoms in total. The maximum atomic E-state index is 6.55. The number of nitrogens with zero attached hydrogens (tertiary/aromatic N) is 1. The van der Waals surface area contributed by atoms with E-state index in [0.717, 1.165) is 25.9 Å². The number of para-hydroxylation sites is 1. The van der Waals surface area contributed by atoms with E-state index in [9.17, 15) is 0 Å². The summed E-state index contributed by atoms with van der Waals surface area (Å²) in [7, 11) is 4.50. The molecule has 158 valence electrons. The largest absolute Gasteiger partial charge is 0.368 e. The number of ether oxygens (including phenoxy) is 1. The van der Waals surface area contributed by atoms with Gasteiger partial charge in [-0.2, -0.15) is 0 Å². The highest BCUT2D eigenvalue weighted by Gasteiger charge is 2.45. The quantitative estimate of drug-likeness (QED) is 0.592. The van der Waals surface area contributed by atoms with Crippen molar-refractivity contribution in [3.05, 3.63) is 71.4 Å². The lowest BCUT2D eigenvalue weighted by atomic mass is 9.70. The molecule has 1 aromatic heterocycles. The Hall–Kier alpha value is -2.10. The first-order valence-corrected chi connectivity index (χ1v) is 11.5. The summed E-state index contributed by atoms with van der Waals surface area (Å²) in [4.78, 5) is 6.21. The number of aromatic nitrogens is 1. The van der Waals surface area contributed by atoms with Gasteiger partial charge in [0.1, 0.15) is 5.60 Å². The molecular formula is C27H34N2O. The second kappa shape index (κ2) is 7.86. The average Bonchev–Trinajstić information content (AvgIpc) is 3.16. The molecule has 1 saturated carbocycles. The van der Waals surface area contributed by atoms with Crippen molar-refractivity contribution >= 4 is 10.9 Å². The van der Waals surface area contributed by atoms with Gasteiger partial charge in [-0.15, -0.1) is 0 Å². The Morgan fingerprint density at radius 1 is 1.00 bits per heavy atom. The van der Waals surface area contributed by atoms with Gasteiger partial charge in [-0.25, -0.2) is 0 Å². The summed E-state index contributed by atoms with van der Waals surface area (Å²) < 4.78 is 6.55. The second-order valence-corrected chi connectivity index (χ2v) is 9.61. The van der Waals surface area contributed by atoms with Gasteiger partial charge in [0.25, 0.3) is 0 Å². The van der Waals surface area contributed by atoms with Crippen molar-refractivity contribution in [2.75, 3.05) is 20.7 Å². The van der Waals surface area contributed by atoms with E-state index < -0.39 is 0 Å². The number of hydrogen-bond acceptors (Lipinski definition) is 2. The molecule has 2 aliphatic rings. The molecule has 2 aromatic carbocycles. The van der Waals surface area contributed by atoms with E-state index in [2.05, 4.69) is 85.5 Å². The fraction of sp³-hybridized carbons (Fsp3) is 0.481. The molecule has 5 rings (SSSR count). The molecular weight excluding hydrogens is 368 g/mol. The topological polar surface area (TPSA) is 28.3 Å². The first-order chi connectivity index (χ1) is 14.6. The SMILES string of the molecule is CC(c1ccccc1)C(C1CCC2(CC1)OCCc1c2[nH]c2ccccc12)N(C)C. The molecule has 2 heterocycles. The highest BCUT2D eigenvalue weighted by atomic mass is 16.5. The summed E-state index contributed by atoms with van der Waals surface area (Å²) in [6, 6.07) is 20.3. The Kier molecular flexibility index (Phi) is 5.20. The molecule has 30 heavy (non-hydrogen) atoms. The number of H-pyrrole nitrogens is 1. The zero-order valence-electron chi connectivity index (χ0n) is 18.5. The fourth-order valence-electron chi connectivity index (χ4n) is 6.34. The van der Waals surface area contributed by atoms with Gasteiger partial charge in [0.05, 0.1) is 12.3 Å². The van der Waals surface area contributed by atoms with Gasteiger partial charge in [-0.05, 0) is 75.2 Å². The van der Waals surface area contributed by atoms with Crippen LogP contribution < -0.4 is 0 Å². The van der Waals surface area contributed by atoms with E-state index in [1.165, 1.54) is 40.6 Å². The van der Waals surface area contributed by atoms with Crippen LogP contribution in [0.25, 0.3) is 10.9 Å². The molecule has 2 atom stereocenters. The van der Waals surface area contributed by atoms with Crippen LogP contribution in [0, 0.1) is 5.92 Å². The van der Waals surface area contributed by atoms with Crippen molar-refractivity contribution < 1.29 is 4.74 Å². The van der Waals surface area contributed by atoms with Crippen molar-refractivity contribution in [1.82, 2.24) is 9.88 Å². The summed E-state index contributed by atoms with van der Waals surface area (Å²) in [6.45, 7) is 3.24. The lowest BCUT2D eigenvalue weighted by Gasteiger charge is -2.46. The monoisotopic (exact) mass is 402 g/mol. The van der Waals surface area contributed by atoms with Gasteiger partial charge < -0.3 is 14.6 Å². The van der Waals surface area contributed by atoms with Gasteiger partial charge in [-0.3, -0.25) is 0 Å². The molecule has 1 N–H and O–H groups in total. The zero-order chi connectivity index (χ0) is 20.7. The summed E-state index contributed by atoms with van der Waals surface area (Å²) in [5.74, 6) is 1.22. The predicted octanol–water partition coefficient (Wildman–Crippen LogP) is 5.86. The lowest BCUT2D eigenvalue weighted by Crippen LogP contribution is -2.45. The maximum absolute atomic E-state index is 6.55. The Morgan fingerprint density at radius 2 is 1.70 bits per heavy atom. The van der Waals surface area contributed by atoms with Gasteiger partial charge >= 0.3 is 0 Å². The van der Waals surface area contributed by atoms with E-state index in [0.29, 0.717) is 17.9 Å². The number of aromatic amines is 1. The zero-order valence-corrected chi connectivity index (χ0v) is 18.5. The standard InChI is InChI=1S/C27H34N2O/c1-19(20-9-5-4-6-10-20)25(29(2)3)21-13-16-27(17-14-21)26-23(15-18-30-27)22-11-7-8-12-24(22)28-26/h4-12,19,21,25,28H,13-18H2,1-3H3.